The molecule has 1 heterocycles. The number of hydrogen-bond acceptors (Lipinski definition) is 5. The molecule has 4 N–H and O–H groups in total. The average molecular weight is 294 g/mol. The number of amides is 4. The predicted octanol–water partition coefficient (Wildman–Crippen LogP) is 0.649. The third kappa shape index (κ3) is 2.72. The molecule has 0 unspecified atom stereocenters. The van der Waals surface area contributed by atoms with E-state index in [0.29, 0.717) is 6.42 Å². The van der Waals surface area contributed by atoms with Crippen LogP contribution in [-0.2, 0) is 9.59 Å². The van der Waals surface area contributed by atoms with Gasteiger partial charge in [0.25, 0.3) is 11.8 Å². The molecule has 7 heteroatoms. The Morgan fingerprint density at radius 2 is 1.76 bits per heavy atom. The molecule has 2 rings (SSSR count). The van der Waals surface area contributed by atoms with Crippen molar-refractivity contribution in [3.05, 3.63) is 11.4 Å². The Bertz CT molecular complexity index is 490. The monoisotopic (exact) mass is 294 g/mol. The van der Waals surface area contributed by atoms with Gasteiger partial charge in [-0.15, -0.1) is 0 Å². The average Bonchev–Trinajstić information content (AvgIpc) is 2.92. The lowest BCUT2D eigenvalue weighted by Crippen LogP contribution is -2.60. The first kappa shape index (κ1) is 15.3. The van der Waals surface area contributed by atoms with Crippen LogP contribution in [0.4, 0.5) is 4.79 Å². The molecule has 7 nitrogen and oxygen atoms in total. The second-order valence-electron chi connectivity index (χ2n) is 5.54. The van der Waals surface area contributed by atoms with Gasteiger partial charge in [-0.25, -0.2) is 4.79 Å². The van der Waals surface area contributed by atoms with Gasteiger partial charge in [0, 0.05) is 12.6 Å². The molecule has 0 spiro atoms. The molecule has 0 bridgehead atoms. The molecule has 2 aliphatic rings. The number of rotatable bonds is 4. The summed E-state index contributed by atoms with van der Waals surface area (Å²) < 4.78 is 0. The third-order valence-electron chi connectivity index (χ3n) is 4.04. The largest absolute Gasteiger partial charge is 0.385 e. The van der Waals surface area contributed by atoms with Gasteiger partial charge in [-0.2, -0.15) is 0 Å². The van der Waals surface area contributed by atoms with Gasteiger partial charge in [0.1, 0.15) is 11.4 Å². The molecule has 1 saturated carbocycles. The fourth-order valence-corrected chi connectivity index (χ4v) is 2.90. The molecule has 1 aliphatic carbocycles. The molecule has 1 saturated heterocycles. The molecule has 21 heavy (non-hydrogen) atoms. The Morgan fingerprint density at radius 1 is 1.14 bits per heavy atom. The Balaban J connectivity index is 2.36. The molecule has 116 valence electrons. The van der Waals surface area contributed by atoms with E-state index >= 15 is 0 Å². The van der Waals surface area contributed by atoms with Crippen LogP contribution in [0.1, 0.15) is 45.4 Å². The topological polar surface area (TPSA) is 110 Å². The minimum absolute atomic E-state index is 0.156. The van der Waals surface area contributed by atoms with Crippen LogP contribution >= 0.6 is 0 Å². The number of nitrogens with two attached hydrogens (primary N) is 2. The summed E-state index contributed by atoms with van der Waals surface area (Å²) in [5.41, 5.74) is 10.7. The van der Waals surface area contributed by atoms with E-state index in [9.17, 15) is 14.4 Å². The lowest BCUT2D eigenvalue weighted by molar-refractivity contribution is -0.137. The Kier molecular flexibility index (Phi) is 4.50. The highest BCUT2D eigenvalue weighted by Gasteiger charge is 2.46. The van der Waals surface area contributed by atoms with Crippen molar-refractivity contribution < 1.29 is 14.4 Å². The molecule has 2 fully saturated rings. The van der Waals surface area contributed by atoms with Gasteiger partial charge in [0.05, 0.1) is 0 Å². The zero-order valence-electron chi connectivity index (χ0n) is 12.3. The number of carbonyl (C=O) groups is 3. The molecule has 4 amide bonds. The van der Waals surface area contributed by atoms with Crippen molar-refractivity contribution in [2.75, 3.05) is 6.54 Å². The predicted molar refractivity (Wildman–Crippen MR) is 76.5 cm³/mol. The number of hydrogen-bond donors (Lipinski definition) is 2. The lowest BCUT2D eigenvalue weighted by Gasteiger charge is -2.37. The van der Waals surface area contributed by atoms with E-state index in [2.05, 4.69) is 0 Å². The van der Waals surface area contributed by atoms with Crippen molar-refractivity contribution in [2.45, 2.75) is 51.5 Å². The molecular weight excluding hydrogens is 272 g/mol. The number of carbonyl (C=O) groups excluding carboxylic acids is 3. The highest BCUT2D eigenvalue weighted by molar-refractivity contribution is 6.29. The summed E-state index contributed by atoms with van der Waals surface area (Å²) >= 11 is 0. The van der Waals surface area contributed by atoms with Crippen LogP contribution < -0.4 is 11.5 Å². The van der Waals surface area contributed by atoms with Crippen molar-refractivity contribution in [1.82, 2.24) is 9.80 Å². The fourth-order valence-electron chi connectivity index (χ4n) is 2.90. The van der Waals surface area contributed by atoms with Crippen LogP contribution in [0.3, 0.4) is 0 Å². The van der Waals surface area contributed by atoms with Crippen molar-refractivity contribution in [3.63, 3.8) is 0 Å². The molecule has 0 radical (unpaired) electrons. The number of imide groups is 2. The summed E-state index contributed by atoms with van der Waals surface area (Å²) in [6.45, 7) is 2.24. The van der Waals surface area contributed by atoms with Crippen LogP contribution in [-0.4, -0.2) is 40.2 Å². The minimum Gasteiger partial charge on any atom is -0.385 e. The maximum absolute atomic E-state index is 12.5. The summed E-state index contributed by atoms with van der Waals surface area (Å²) in [4.78, 5) is 39.5. The quantitative estimate of drug-likeness (QED) is 0.584. The summed E-state index contributed by atoms with van der Waals surface area (Å²) in [5.74, 6) is -1.64. The molecule has 0 aromatic heterocycles. The first-order valence-electron chi connectivity index (χ1n) is 7.43. The van der Waals surface area contributed by atoms with Gasteiger partial charge in [-0.3, -0.25) is 19.4 Å². The van der Waals surface area contributed by atoms with Crippen LogP contribution in [0.25, 0.3) is 0 Å². The number of unbranched alkanes of at least 4 members (excludes halogenated alkanes) is 1. The highest BCUT2D eigenvalue weighted by Crippen LogP contribution is 2.29. The van der Waals surface area contributed by atoms with Crippen LogP contribution in [0.2, 0.25) is 0 Å². The number of barbiturate groups is 1. The summed E-state index contributed by atoms with van der Waals surface area (Å²) in [7, 11) is 0. The third-order valence-corrected chi connectivity index (χ3v) is 4.04. The van der Waals surface area contributed by atoms with Gasteiger partial charge < -0.3 is 11.5 Å². The smallest absolute Gasteiger partial charge is 0.334 e. The summed E-state index contributed by atoms with van der Waals surface area (Å²) in [6.07, 6.45) is 5.01. The van der Waals surface area contributed by atoms with E-state index in [-0.39, 0.29) is 24.0 Å². The zero-order chi connectivity index (χ0) is 15.6. The normalized spacial score (nSPS) is 20.6. The van der Waals surface area contributed by atoms with Crippen molar-refractivity contribution >= 4 is 17.8 Å². The van der Waals surface area contributed by atoms with Crippen LogP contribution in [0.15, 0.2) is 11.4 Å². The molecule has 0 aromatic carbocycles. The number of urea groups is 1. The molecule has 0 aromatic rings. The lowest BCUT2D eigenvalue weighted by atomic mass is 10.1. The van der Waals surface area contributed by atoms with Crippen molar-refractivity contribution in [3.8, 4) is 0 Å². The van der Waals surface area contributed by atoms with Crippen LogP contribution in [0.5, 0.6) is 0 Å². The SMILES string of the molecule is CCCCN1C(=O)C(=C(N)N)C(=O)N(C2CCCC2)C1=O. The maximum Gasteiger partial charge on any atom is 0.334 e. The van der Waals surface area contributed by atoms with E-state index in [1.54, 1.807) is 0 Å². The fraction of sp³-hybridized carbons (Fsp3) is 0.643. The van der Waals surface area contributed by atoms with E-state index in [4.69, 9.17) is 11.5 Å². The van der Waals surface area contributed by atoms with Gasteiger partial charge in [-0.1, -0.05) is 26.2 Å². The second kappa shape index (κ2) is 6.15. The second-order valence-corrected chi connectivity index (χ2v) is 5.54. The first-order chi connectivity index (χ1) is 9.99. The standard InChI is InChI=1S/C14H22N4O3/c1-2-3-8-17-12(19)10(11(15)16)13(20)18(14(17)21)9-6-4-5-7-9/h9H,2-8,15-16H2,1H3. The minimum atomic E-state index is -0.673. The Labute approximate surface area is 123 Å². The first-order valence-corrected chi connectivity index (χ1v) is 7.43. The highest BCUT2D eigenvalue weighted by atomic mass is 16.2. The van der Waals surface area contributed by atoms with Gasteiger partial charge in [0.15, 0.2) is 0 Å². The van der Waals surface area contributed by atoms with Crippen molar-refractivity contribution in [2.24, 2.45) is 11.5 Å². The van der Waals surface area contributed by atoms with E-state index in [1.807, 2.05) is 6.92 Å². The van der Waals surface area contributed by atoms with Gasteiger partial charge in [0.2, 0.25) is 0 Å². The number of nitrogens with zero attached hydrogens (tertiary/aromatic N) is 2. The molecule has 1 aliphatic heterocycles. The maximum atomic E-state index is 12.5. The van der Waals surface area contributed by atoms with E-state index in [0.717, 1.165) is 37.0 Å². The Morgan fingerprint density at radius 3 is 2.29 bits per heavy atom. The zero-order valence-corrected chi connectivity index (χ0v) is 12.3. The molecule has 0 atom stereocenters. The van der Waals surface area contributed by atoms with Gasteiger partial charge in [-0.05, 0) is 19.3 Å². The Hall–Kier alpha value is -2.05. The van der Waals surface area contributed by atoms with E-state index < -0.39 is 17.8 Å². The van der Waals surface area contributed by atoms with Crippen molar-refractivity contribution in [1.29, 1.82) is 0 Å². The molecular formula is C14H22N4O3. The van der Waals surface area contributed by atoms with Crippen LogP contribution in [0, 0.1) is 0 Å². The van der Waals surface area contributed by atoms with Gasteiger partial charge >= 0.3 is 6.03 Å². The van der Waals surface area contributed by atoms with E-state index in [1.165, 1.54) is 4.90 Å². The summed E-state index contributed by atoms with van der Waals surface area (Å²) in [6, 6.07) is -0.688. The summed E-state index contributed by atoms with van der Waals surface area (Å²) in [5, 5.41) is 0.